The van der Waals surface area contributed by atoms with Crippen LogP contribution in [0.5, 0.6) is 0 Å². The van der Waals surface area contributed by atoms with Crippen molar-refractivity contribution in [3.05, 3.63) is 138 Å². The van der Waals surface area contributed by atoms with Crippen molar-refractivity contribution in [2.75, 3.05) is 4.90 Å². The van der Waals surface area contributed by atoms with Crippen molar-refractivity contribution in [1.82, 2.24) is 0 Å². The summed E-state index contributed by atoms with van der Waals surface area (Å²) in [6.07, 6.45) is 0. The lowest BCUT2D eigenvalue weighted by Crippen LogP contribution is -2.14. The van der Waals surface area contributed by atoms with E-state index in [-0.39, 0.29) is 10.8 Å². The second-order valence-corrected chi connectivity index (χ2v) is 12.7. The molecule has 0 atom stereocenters. The SMILES string of the molecule is CC(C)(C)c1ccc(N(c2ccccc2)c2cccc3c2ccc2cc4c(cc23)C(C)(C)c2ccccc2-4)cc1. The number of fused-ring (bicyclic) bond motifs is 6. The summed E-state index contributed by atoms with van der Waals surface area (Å²) in [5.74, 6) is 0. The van der Waals surface area contributed by atoms with E-state index in [0.717, 1.165) is 11.4 Å². The molecule has 0 fully saturated rings. The van der Waals surface area contributed by atoms with Crippen molar-refractivity contribution in [2.45, 2.75) is 45.4 Å². The predicted octanol–water partition coefficient (Wildman–Crippen LogP) is 11.1. The van der Waals surface area contributed by atoms with Crippen LogP contribution in [0.4, 0.5) is 17.1 Å². The first kappa shape index (κ1) is 24.7. The number of hydrogen-bond donors (Lipinski definition) is 0. The molecule has 0 radical (unpaired) electrons. The Balaban J connectivity index is 1.45. The zero-order valence-electron chi connectivity index (χ0n) is 24.0. The van der Waals surface area contributed by atoms with E-state index in [2.05, 4.69) is 161 Å². The zero-order valence-corrected chi connectivity index (χ0v) is 24.0. The van der Waals surface area contributed by atoms with E-state index in [1.54, 1.807) is 0 Å². The van der Waals surface area contributed by atoms with Crippen molar-refractivity contribution in [3.8, 4) is 11.1 Å². The van der Waals surface area contributed by atoms with E-state index in [1.807, 2.05) is 0 Å². The van der Waals surface area contributed by atoms with Gasteiger partial charge in [-0.05, 0) is 91.9 Å². The van der Waals surface area contributed by atoms with Crippen LogP contribution in [0.15, 0.2) is 121 Å². The highest BCUT2D eigenvalue weighted by molar-refractivity contribution is 6.14. The van der Waals surface area contributed by atoms with E-state index in [0.29, 0.717) is 0 Å². The molecule has 0 aliphatic heterocycles. The first-order chi connectivity index (χ1) is 19.2. The number of benzene rings is 6. The van der Waals surface area contributed by atoms with Gasteiger partial charge in [-0.2, -0.15) is 0 Å². The molecule has 0 heterocycles. The summed E-state index contributed by atoms with van der Waals surface area (Å²) in [6, 6.07) is 44.9. The summed E-state index contributed by atoms with van der Waals surface area (Å²) in [5.41, 5.74) is 10.5. The molecule has 6 aromatic rings. The molecule has 0 N–H and O–H groups in total. The molecular weight excluding hydrogens is 482 g/mol. The minimum Gasteiger partial charge on any atom is -0.310 e. The number of rotatable bonds is 3. The maximum absolute atomic E-state index is 2.46. The fourth-order valence-corrected chi connectivity index (χ4v) is 6.58. The smallest absolute Gasteiger partial charge is 0.0540 e. The molecule has 1 nitrogen and oxygen atoms in total. The number of para-hydroxylation sites is 1. The molecule has 6 aromatic carbocycles. The molecule has 0 amide bonds. The van der Waals surface area contributed by atoms with Crippen LogP contribution < -0.4 is 4.90 Å². The topological polar surface area (TPSA) is 3.24 Å². The zero-order chi connectivity index (χ0) is 27.6. The average Bonchev–Trinajstić information content (AvgIpc) is 3.18. The van der Waals surface area contributed by atoms with Gasteiger partial charge in [0.2, 0.25) is 0 Å². The van der Waals surface area contributed by atoms with Gasteiger partial charge < -0.3 is 4.90 Å². The molecule has 0 aromatic heterocycles. The van der Waals surface area contributed by atoms with Gasteiger partial charge in [-0.3, -0.25) is 0 Å². The van der Waals surface area contributed by atoms with E-state index in [9.17, 15) is 0 Å². The van der Waals surface area contributed by atoms with Crippen LogP contribution in [0, 0.1) is 0 Å². The largest absolute Gasteiger partial charge is 0.310 e. The molecule has 40 heavy (non-hydrogen) atoms. The fraction of sp³-hybridized carbons (Fsp3) is 0.179. The molecule has 0 saturated carbocycles. The highest BCUT2D eigenvalue weighted by Gasteiger charge is 2.35. The van der Waals surface area contributed by atoms with Crippen molar-refractivity contribution >= 4 is 38.6 Å². The standard InChI is InChI=1S/C39H35N/c1-38(2,3)27-19-21-29(22-20-27)40(28-12-7-6-8-13-28)37-17-11-15-30-32(37)23-18-26-24-34-31-14-9-10-16-35(31)39(4,5)36(34)25-33(26)30/h6-25H,1-5H3. The Hall–Kier alpha value is -4.36. The Morgan fingerprint density at radius 3 is 1.98 bits per heavy atom. The lowest BCUT2D eigenvalue weighted by molar-refractivity contribution is 0.590. The average molecular weight is 518 g/mol. The van der Waals surface area contributed by atoms with Gasteiger partial charge in [-0.25, -0.2) is 0 Å². The summed E-state index contributed by atoms with van der Waals surface area (Å²) in [4.78, 5) is 2.40. The molecule has 196 valence electrons. The van der Waals surface area contributed by atoms with Crippen LogP contribution in [-0.2, 0) is 10.8 Å². The number of nitrogens with zero attached hydrogens (tertiary/aromatic N) is 1. The third kappa shape index (κ3) is 3.76. The van der Waals surface area contributed by atoms with Crippen molar-refractivity contribution < 1.29 is 0 Å². The van der Waals surface area contributed by atoms with Gasteiger partial charge in [0.15, 0.2) is 0 Å². The van der Waals surface area contributed by atoms with Crippen LogP contribution >= 0.6 is 0 Å². The lowest BCUT2D eigenvalue weighted by Gasteiger charge is -2.28. The molecular formula is C39H35N. The first-order valence-electron chi connectivity index (χ1n) is 14.3. The van der Waals surface area contributed by atoms with Gasteiger partial charge in [0.05, 0.1) is 5.69 Å². The molecule has 0 unspecified atom stereocenters. The fourth-order valence-electron chi connectivity index (χ4n) is 6.58. The quantitative estimate of drug-likeness (QED) is 0.211. The molecule has 0 spiro atoms. The van der Waals surface area contributed by atoms with Gasteiger partial charge in [-0.15, -0.1) is 0 Å². The Bertz CT molecular complexity index is 1890. The summed E-state index contributed by atoms with van der Waals surface area (Å²) in [7, 11) is 0. The Labute approximate surface area is 237 Å². The second-order valence-electron chi connectivity index (χ2n) is 12.7. The summed E-state index contributed by atoms with van der Waals surface area (Å²) in [5, 5.41) is 5.15. The Morgan fingerprint density at radius 1 is 0.525 bits per heavy atom. The van der Waals surface area contributed by atoms with Gasteiger partial charge in [0, 0.05) is 22.2 Å². The molecule has 7 rings (SSSR count). The summed E-state index contributed by atoms with van der Waals surface area (Å²) in [6.45, 7) is 11.5. The van der Waals surface area contributed by atoms with Crippen molar-refractivity contribution in [3.63, 3.8) is 0 Å². The van der Waals surface area contributed by atoms with Gasteiger partial charge in [0.25, 0.3) is 0 Å². The summed E-state index contributed by atoms with van der Waals surface area (Å²) >= 11 is 0. The number of anilines is 3. The third-order valence-electron chi connectivity index (χ3n) is 8.80. The van der Waals surface area contributed by atoms with E-state index >= 15 is 0 Å². The van der Waals surface area contributed by atoms with Crippen LogP contribution in [0.1, 0.15) is 51.3 Å². The van der Waals surface area contributed by atoms with Crippen LogP contribution in [-0.4, -0.2) is 0 Å². The Morgan fingerprint density at radius 2 is 1.23 bits per heavy atom. The first-order valence-corrected chi connectivity index (χ1v) is 14.3. The van der Waals surface area contributed by atoms with E-state index in [1.165, 1.54) is 55.0 Å². The Kier molecular flexibility index (Phi) is 5.44. The normalized spacial score (nSPS) is 13.8. The maximum atomic E-state index is 2.46. The highest BCUT2D eigenvalue weighted by atomic mass is 15.1. The number of hydrogen-bond acceptors (Lipinski definition) is 1. The van der Waals surface area contributed by atoms with Crippen LogP contribution in [0.2, 0.25) is 0 Å². The van der Waals surface area contributed by atoms with Crippen LogP contribution in [0.25, 0.3) is 32.7 Å². The van der Waals surface area contributed by atoms with Gasteiger partial charge in [-0.1, -0.05) is 113 Å². The van der Waals surface area contributed by atoms with E-state index in [4.69, 9.17) is 0 Å². The molecule has 1 heteroatoms. The minimum atomic E-state index is -0.0230. The minimum absolute atomic E-state index is 0.0230. The highest BCUT2D eigenvalue weighted by Crippen LogP contribution is 2.50. The predicted molar refractivity (Wildman–Crippen MR) is 172 cm³/mol. The van der Waals surface area contributed by atoms with Crippen molar-refractivity contribution in [2.24, 2.45) is 0 Å². The molecule has 1 aliphatic rings. The summed E-state index contributed by atoms with van der Waals surface area (Å²) < 4.78 is 0. The van der Waals surface area contributed by atoms with Gasteiger partial charge in [0.1, 0.15) is 0 Å². The van der Waals surface area contributed by atoms with Gasteiger partial charge >= 0.3 is 0 Å². The van der Waals surface area contributed by atoms with Crippen molar-refractivity contribution in [1.29, 1.82) is 0 Å². The second kappa shape index (κ2) is 8.83. The van der Waals surface area contributed by atoms with E-state index < -0.39 is 0 Å². The monoisotopic (exact) mass is 517 g/mol. The molecule has 0 saturated heterocycles. The molecule has 1 aliphatic carbocycles. The lowest BCUT2D eigenvalue weighted by atomic mass is 9.81. The van der Waals surface area contributed by atoms with Crippen LogP contribution in [0.3, 0.4) is 0 Å². The maximum Gasteiger partial charge on any atom is 0.0540 e. The molecule has 0 bridgehead atoms. The third-order valence-corrected chi connectivity index (χ3v) is 8.80.